The molecular weight excluding hydrogens is 308 g/mol. The lowest BCUT2D eigenvalue weighted by Gasteiger charge is -2.01. The molecule has 0 radical (unpaired) electrons. The molecule has 0 saturated carbocycles. The molecule has 0 saturated heterocycles. The highest BCUT2D eigenvalue weighted by Crippen LogP contribution is 2.26. The highest BCUT2D eigenvalue weighted by Gasteiger charge is 2.11. The van der Waals surface area contributed by atoms with Gasteiger partial charge in [-0.15, -0.1) is 10.2 Å². The van der Waals surface area contributed by atoms with Crippen LogP contribution in [-0.4, -0.2) is 27.2 Å². The molecule has 2 aromatic rings. The zero-order valence-electron chi connectivity index (χ0n) is 11.7. The van der Waals surface area contributed by atoms with Gasteiger partial charge in [-0.25, -0.2) is 5.48 Å². The van der Waals surface area contributed by atoms with Crippen LogP contribution in [0.3, 0.4) is 0 Å². The maximum absolute atomic E-state index is 11.7. The number of furan rings is 1. The van der Waals surface area contributed by atoms with Gasteiger partial charge in [-0.3, -0.25) is 14.8 Å². The van der Waals surface area contributed by atoms with Crippen LogP contribution in [0.4, 0.5) is 5.13 Å². The largest absolute Gasteiger partial charge is 0.462 e. The Morgan fingerprint density at radius 3 is 2.64 bits per heavy atom. The molecule has 0 aliphatic carbocycles. The fraction of sp³-hybridized carbons (Fsp3) is 0.385. The fourth-order valence-corrected chi connectivity index (χ4v) is 2.49. The molecule has 0 spiro atoms. The zero-order valence-corrected chi connectivity index (χ0v) is 12.6. The Kier molecular flexibility index (Phi) is 6.04. The quantitative estimate of drug-likeness (QED) is 0.389. The van der Waals surface area contributed by atoms with E-state index < -0.39 is 5.91 Å². The standard InChI is InChI=1S/C13H16N4O4S/c18-10(6-2-1-3-7-11(19)17-20)14-13-16-15-12(22-13)9-5-4-8-21-9/h4-5,8,20H,1-3,6-7H2,(H,17,19)(H,14,16,18). The maximum Gasteiger partial charge on any atom is 0.243 e. The predicted molar refractivity (Wildman–Crippen MR) is 79.3 cm³/mol. The van der Waals surface area contributed by atoms with Crippen molar-refractivity contribution >= 4 is 28.3 Å². The molecule has 0 aliphatic heterocycles. The van der Waals surface area contributed by atoms with Gasteiger partial charge < -0.3 is 9.73 Å². The second-order valence-electron chi connectivity index (χ2n) is 4.53. The minimum absolute atomic E-state index is 0.145. The number of carbonyl (C=O) groups is 2. The van der Waals surface area contributed by atoms with Crippen LogP contribution in [-0.2, 0) is 9.59 Å². The smallest absolute Gasteiger partial charge is 0.243 e. The molecule has 0 atom stereocenters. The summed E-state index contributed by atoms with van der Waals surface area (Å²) in [5, 5.41) is 19.9. The van der Waals surface area contributed by atoms with Crippen molar-refractivity contribution in [2.75, 3.05) is 5.32 Å². The molecule has 118 valence electrons. The molecule has 0 bridgehead atoms. The second-order valence-corrected chi connectivity index (χ2v) is 5.51. The fourth-order valence-electron chi connectivity index (χ4n) is 1.76. The molecule has 22 heavy (non-hydrogen) atoms. The lowest BCUT2D eigenvalue weighted by atomic mass is 10.1. The van der Waals surface area contributed by atoms with E-state index in [0.717, 1.165) is 6.42 Å². The number of hydrogen-bond acceptors (Lipinski definition) is 7. The molecule has 0 aliphatic rings. The summed E-state index contributed by atoms with van der Waals surface area (Å²) >= 11 is 1.24. The number of nitrogens with one attached hydrogen (secondary N) is 2. The second kappa shape index (κ2) is 8.25. The monoisotopic (exact) mass is 324 g/mol. The maximum atomic E-state index is 11.7. The number of hydrogen-bond donors (Lipinski definition) is 3. The van der Waals surface area contributed by atoms with E-state index in [1.54, 1.807) is 23.9 Å². The van der Waals surface area contributed by atoms with Crippen molar-refractivity contribution in [2.24, 2.45) is 0 Å². The lowest BCUT2D eigenvalue weighted by Crippen LogP contribution is -2.17. The Bertz CT molecular complexity index is 611. The van der Waals surface area contributed by atoms with Crippen LogP contribution in [0.2, 0.25) is 0 Å². The van der Waals surface area contributed by atoms with E-state index in [1.807, 2.05) is 0 Å². The van der Waals surface area contributed by atoms with E-state index in [2.05, 4.69) is 15.5 Å². The van der Waals surface area contributed by atoms with Gasteiger partial charge in [0, 0.05) is 12.8 Å². The number of carbonyl (C=O) groups excluding carboxylic acids is 2. The van der Waals surface area contributed by atoms with Crippen LogP contribution < -0.4 is 10.8 Å². The topological polar surface area (TPSA) is 117 Å². The van der Waals surface area contributed by atoms with Crippen molar-refractivity contribution in [1.82, 2.24) is 15.7 Å². The SMILES string of the molecule is O=C(CCCCCC(=O)Nc1nnc(-c2ccco2)s1)NO. The van der Waals surface area contributed by atoms with Crippen LogP contribution in [0.1, 0.15) is 32.1 Å². The first-order chi connectivity index (χ1) is 10.7. The first kappa shape index (κ1) is 16.1. The molecule has 0 aromatic carbocycles. The summed E-state index contributed by atoms with van der Waals surface area (Å²) in [6.07, 6.45) is 4.16. The molecule has 9 heteroatoms. The number of aromatic nitrogens is 2. The average Bonchev–Trinajstić information content (AvgIpc) is 3.17. The normalized spacial score (nSPS) is 10.4. The Morgan fingerprint density at radius 1 is 1.18 bits per heavy atom. The Balaban J connectivity index is 1.68. The van der Waals surface area contributed by atoms with Gasteiger partial charge in [0.05, 0.1) is 6.26 Å². The van der Waals surface area contributed by atoms with Gasteiger partial charge in [0.15, 0.2) is 10.8 Å². The summed E-state index contributed by atoms with van der Waals surface area (Å²) in [4.78, 5) is 22.5. The van der Waals surface area contributed by atoms with Crippen LogP contribution in [0.25, 0.3) is 10.8 Å². The third kappa shape index (κ3) is 4.93. The molecule has 2 amide bonds. The molecule has 3 N–H and O–H groups in total. The molecule has 2 heterocycles. The number of unbranched alkanes of at least 4 members (excludes halogenated alkanes) is 2. The van der Waals surface area contributed by atoms with Crippen LogP contribution in [0, 0.1) is 0 Å². The zero-order chi connectivity index (χ0) is 15.8. The number of anilines is 1. The summed E-state index contributed by atoms with van der Waals surface area (Å²) in [6.45, 7) is 0. The Hall–Kier alpha value is -2.26. The van der Waals surface area contributed by atoms with Crippen molar-refractivity contribution in [3.05, 3.63) is 18.4 Å². The summed E-state index contributed by atoms with van der Waals surface area (Å²) in [6, 6.07) is 3.53. The first-order valence-corrected chi connectivity index (χ1v) is 7.61. The van der Waals surface area contributed by atoms with Gasteiger partial charge in [-0.1, -0.05) is 17.8 Å². The van der Waals surface area contributed by atoms with E-state index in [1.165, 1.54) is 11.3 Å². The van der Waals surface area contributed by atoms with Crippen LogP contribution in [0.15, 0.2) is 22.8 Å². The number of amides is 2. The first-order valence-electron chi connectivity index (χ1n) is 6.79. The van der Waals surface area contributed by atoms with E-state index in [-0.39, 0.29) is 12.3 Å². The average molecular weight is 324 g/mol. The Morgan fingerprint density at radius 2 is 1.95 bits per heavy atom. The highest BCUT2D eigenvalue weighted by atomic mass is 32.1. The van der Waals surface area contributed by atoms with Gasteiger partial charge in [0.25, 0.3) is 0 Å². The van der Waals surface area contributed by atoms with Crippen molar-refractivity contribution in [3.8, 4) is 10.8 Å². The van der Waals surface area contributed by atoms with E-state index >= 15 is 0 Å². The van der Waals surface area contributed by atoms with E-state index in [4.69, 9.17) is 9.62 Å². The summed E-state index contributed by atoms with van der Waals surface area (Å²) in [5.41, 5.74) is 1.57. The molecule has 0 unspecified atom stereocenters. The van der Waals surface area contributed by atoms with E-state index in [0.29, 0.717) is 35.2 Å². The summed E-state index contributed by atoms with van der Waals surface area (Å²) in [5.74, 6) is 0.0534. The number of hydroxylamine groups is 1. The van der Waals surface area contributed by atoms with Gasteiger partial charge in [0.1, 0.15) is 0 Å². The van der Waals surface area contributed by atoms with Crippen LogP contribution in [0.5, 0.6) is 0 Å². The van der Waals surface area contributed by atoms with Crippen molar-refractivity contribution in [1.29, 1.82) is 0 Å². The summed E-state index contributed by atoms with van der Waals surface area (Å²) < 4.78 is 5.20. The van der Waals surface area contributed by atoms with E-state index in [9.17, 15) is 9.59 Å². The summed E-state index contributed by atoms with van der Waals surface area (Å²) in [7, 11) is 0. The lowest BCUT2D eigenvalue weighted by molar-refractivity contribution is -0.129. The number of nitrogens with zero attached hydrogens (tertiary/aromatic N) is 2. The van der Waals surface area contributed by atoms with Crippen LogP contribution >= 0.6 is 11.3 Å². The predicted octanol–water partition coefficient (Wildman–Crippen LogP) is 2.19. The van der Waals surface area contributed by atoms with Gasteiger partial charge in [0.2, 0.25) is 16.9 Å². The molecule has 0 fully saturated rings. The third-order valence-corrected chi connectivity index (χ3v) is 3.69. The van der Waals surface area contributed by atoms with Gasteiger partial charge in [-0.2, -0.15) is 0 Å². The van der Waals surface area contributed by atoms with Crippen molar-refractivity contribution in [2.45, 2.75) is 32.1 Å². The van der Waals surface area contributed by atoms with Crippen molar-refractivity contribution in [3.63, 3.8) is 0 Å². The van der Waals surface area contributed by atoms with Gasteiger partial charge >= 0.3 is 0 Å². The molecule has 8 nitrogen and oxygen atoms in total. The van der Waals surface area contributed by atoms with Gasteiger partial charge in [-0.05, 0) is 25.0 Å². The number of rotatable bonds is 8. The Labute approximate surface area is 130 Å². The third-order valence-electron chi connectivity index (χ3n) is 2.84. The molecule has 2 aromatic heterocycles. The molecule has 2 rings (SSSR count). The van der Waals surface area contributed by atoms with Crippen molar-refractivity contribution < 1.29 is 19.2 Å². The minimum Gasteiger partial charge on any atom is -0.462 e. The highest BCUT2D eigenvalue weighted by molar-refractivity contribution is 7.18. The molecular formula is C13H16N4O4S. The minimum atomic E-state index is -0.413.